The van der Waals surface area contributed by atoms with E-state index >= 15 is 0 Å². The highest BCUT2D eigenvalue weighted by Crippen LogP contribution is 2.55. The highest BCUT2D eigenvalue weighted by Gasteiger charge is 2.64. The Morgan fingerprint density at radius 2 is 1.68 bits per heavy atom. The zero-order valence-corrected chi connectivity index (χ0v) is 23.3. The highest BCUT2D eigenvalue weighted by molar-refractivity contribution is 6.32. The molecule has 0 unspecified atom stereocenters. The number of rotatable bonds is 4. The summed E-state index contributed by atoms with van der Waals surface area (Å²) in [5, 5.41) is 3.57. The van der Waals surface area contributed by atoms with E-state index in [1.54, 1.807) is 67.8 Å². The predicted molar refractivity (Wildman–Crippen MR) is 149 cm³/mol. The van der Waals surface area contributed by atoms with Crippen LogP contribution in [0.15, 0.2) is 60.7 Å². The minimum Gasteiger partial charge on any atom is -0.405 e. The molecule has 3 heterocycles. The molecule has 0 fully saturated rings. The first kappa shape index (κ1) is 27.2. The third kappa shape index (κ3) is 3.99. The van der Waals surface area contributed by atoms with Gasteiger partial charge < -0.3 is 14.6 Å². The summed E-state index contributed by atoms with van der Waals surface area (Å²) >= 11 is 12.6. The lowest BCUT2D eigenvalue weighted by molar-refractivity contribution is -0.274. The van der Waals surface area contributed by atoms with Crippen LogP contribution < -0.4 is 15.0 Å². The quantitative estimate of drug-likeness (QED) is 0.263. The van der Waals surface area contributed by atoms with Crippen LogP contribution in [0.1, 0.15) is 47.2 Å². The predicted octanol–water partition coefficient (Wildman–Crippen LogP) is 7.50. The van der Waals surface area contributed by atoms with E-state index in [1.807, 2.05) is 0 Å². The summed E-state index contributed by atoms with van der Waals surface area (Å²) in [7, 11) is 0. The number of halogens is 5. The summed E-state index contributed by atoms with van der Waals surface area (Å²) in [6.07, 6.45) is -4.96. The number of amides is 2. The molecule has 1 aromatic heterocycles. The summed E-state index contributed by atoms with van der Waals surface area (Å²) < 4.78 is 45.9. The third-order valence-corrected chi connectivity index (χ3v) is 7.70. The van der Waals surface area contributed by atoms with Gasteiger partial charge in [0, 0.05) is 27.3 Å². The van der Waals surface area contributed by atoms with E-state index in [4.69, 9.17) is 23.2 Å². The Balaban J connectivity index is 1.71. The first-order valence-corrected chi connectivity index (χ1v) is 13.3. The van der Waals surface area contributed by atoms with Crippen molar-refractivity contribution in [1.82, 2.24) is 9.55 Å². The number of hydrogen-bond acceptors (Lipinski definition) is 4. The fourth-order valence-electron chi connectivity index (χ4n) is 5.69. The molecule has 1 N–H and O–H groups in total. The normalized spacial score (nSPS) is 17.8. The molecule has 6 rings (SSSR count). The molecule has 0 saturated carbocycles. The van der Waals surface area contributed by atoms with E-state index in [0.717, 1.165) is 0 Å². The van der Waals surface area contributed by atoms with Crippen LogP contribution in [0.4, 0.5) is 24.5 Å². The molecule has 210 valence electrons. The van der Waals surface area contributed by atoms with Crippen LogP contribution in [-0.4, -0.2) is 27.7 Å². The van der Waals surface area contributed by atoms with Gasteiger partial charge in [-0.05, 0) is 62.7 Å². The maximum absolute atomic E-state index is 14.4. The van der Waals surface area contributed by atoms with E-state index in [9.17, 15) is 22.8 Å². The van der Waals surface area contributed by atoms with E-state index < -0.39 is 35.5 Å². The SMILES string of the molecule is Cc1ccc(Cl)cc1N1C(=O)c2nc(-c3ccccc3OC(F)(F)F)n(C(C)C)c2[C@]12C(=O)Nc1cc(Cl)ccc12. The van der Waals surface area contributed by atoms with Crippen LogP contribution in [0.2, 0.25) is 10.0 Å². The Hall–Kier alpha value is -4.02. The molecule has 2 aliphatic rings. The number of benzene rings is 3. The fourth-order valence-corrected chi connectivity index (χ4v) is 6.03. The smallest absolute Gasteiger partial charge is 0.405 e. The Morgan fingerprint density at radius 3 is 2.39 bits per heavy atom. The monoisotopic (exact) mass is 600 g/mol. The molecule has 0 saturated heterocycles. The van der Waals surface area contributed by atoms with E-state index in [1.165, 1.54) is 23.1 Å². The number of aryl methyl sites for hydroxylation is 1. The van der Waals surface area contributed by atoms with Crippen molar-refractivity contribution in [2.75, 3.05) is 10.2 Å². The number of nitrogens with zero attached hydrogens (tertiary/aromatic N) is 3. The van der Waals surface area contributed by atoms with Gasteiger partial charge in [-0.3, -0.25) is 14.5 Å². The fraction of sp³-hybridized carbons (Fsp3) is 0.207. The minimum atomic E-state index is -4.96. The number of carbonyl (C=O) groups is 2. The van der Waals surface area contributed by atoms with E-state index in [-0.39, 0.29) is 22.8 Å². The van der Waals surface area contributed by atoms with Gasteiger partial charge in [-0.15, -0.1) is 13.2 Å². The lowest BCUT2D eigenvalue weighted by Crippen LogP contribution is -2.51. The first-order chi connectivity index (χ1) is 19.3. The second-order valence-electron chi connectivity index (χ2n) is 10.1. The Morgan fingerprint density at radius 1 is 1.00 bits per heavy atom. The number of anilines is 2. The van der Waals surface area contributed by atoms with Gasteiger partial charge in [0.05, 0.1) is 16.9 Å². The van der Waals surface area contributed by atoms with Crippen molar-refractivity contribution in [2.45, 2.75) is 38.7 Å². The molecular weight excluding hydrogens is 580 g/mol. The number of imidazole rings is 1. The van der Waals surface area contributed by atoms with Gasteiger partial charge >= 0.3 is 6.36 Å². The van der Waals surface area contributed by atoms with Crippen molar-refractivity contribution in [3.8, 4) is 17.1 Å². The highest BCUT2D eigenvalue weighted by atomic mass is 35.5. The van der Waals surface area contributed by atoms with Crippen molar-refractivity contribution in [3.63, 3.8) is 0 Å². The standard InChI is InChI=1S/C29H21Cl2F3N4O3/c1-14(2)37-24-23(36-25(37)18-6-4-5-7-22(18)41-29(32,33)34)26(39)38(21-13-17(31)9-8-15(21)3)28(24)19-11-10-16(30)12-20(19)35-27(28)40/h4-14H,1-3H3,(H,35,40)/t28-/m1/s1. The number of nitrogens with one attached hydrogen (secondary N) is 1. The van der Waals surface area contributed by atoms with Crippen LogP contribution in [0.5, 0.6) is 5.75 Å². The molecule has 4 aromatic rings. The van der Waals surface area contributed by atoms with Crippen molar-refractivity contribution < 1.29 is 27.5 Å². The molecule has 0 bridgehead atoms. The summed E-state index contributed by atoms with van der Waals surface area (Å²) in [5.74, 6) is -1.60. The molecule has 1 spiro atoms. The lowest BCUT2D eigenvalue weighted by atomic mass is 9.86. The molecule has 2 aliphatic heterocycles. The number of alkyl halides is 3. The largest absolute Gasteiger partial charge is 0.573 e. The topological polar surface area (TPSA) is 76.5 Å². The van der Waals surface area contributed by atoms with Crippen LogP contribution in [0, 0.1) is 6.92 Å². The Labute approximate surface area is 242 Å². The van der Waals surface area contributed by atoms with Crippen LogP contribution in [0.3, 0.4) is 0 Å². The van der Waals surface area contributed by atoms with Crippen molar-refractivity contribution >= 4 is 46.4 Å². The van der Waals surface area contributed by atoms with Crippen molar-refractivity contribution in [3.05, 3.63) is 93.2 Å². The van der Waals surface area contributed by atoms with Crippen LogP contribution in [0.25, 0.3) is 11.4 Å². The second-order valence-corrected chi connectivity index (χ2v) is 10.9. The summed E-state index contributed by atoms with van der Waals surface area (Å²) in [4.78, 5) is 34.6. The minimum absolute atomic E-state index is 0.0103. The zero-order chi connectivity index (χ0) is 29.4. The third-order valence-electron chi connectivity index (χ3n) is 7.23. The number of ether oxygens (including phenoxy) is 1. The molecule has 12 heteroatoms. The van der Waals surface area contributed by atoms with Gasteiger partial charge in [0.2, 0.25) is 0 Å². The van der Waals surface area contributed by atoms with Gasteiger partial charge in [0.15, 0.2) is 11.2 Å². The summed E-state index contributed by atoms with van der Waals surface area (Å²) in [6.45, 7) is 5.37. The number of carbonyl (C=O) groups excluding carboxylic acids is 2. The Bertz CT molecular complexity index is 1770. The van der Waals surface area contributed by atoms with Gasteiger partial charge in [-0.1, -0.05) is 47.5 Å². The lowest BCUT2D eigenvalue weighted by Gasteiger charge is -2.36. The summed E-state index contributed by atoms with van der Waals surface area (Å²) in [5.41, 5.74) is 0.269. The summed E-state index contributed by atoms with van der Waals surface area (Å²) in [6, 6.07) is 14.9. The van der Waals surface area contributed by atoms with Gasteiger partial charge in [0.25, 0.3) is 11.8 Å². The maximum atomic E-state index is 14.4. The zero-order valence-electron chi connectivity index (χ0n) is 21.8. The Kier molecular flexibility index (Phi) is 6.13. The van der Waals surface area contributed by atoms with E-state index in [0.29, 0.717) is 32.5 Å². The second kappa shape index (κ2) is 9.25. The number of fused-ring (bicyclic) bond motifs is 4. The van der Waals surface area contributed by atoms with Gasteiger partial charge in [0.1, 0.15) is 11.6 Å². The molecule has 0 radical (unpaired) electrons. The molecular formula is C29H21Cl2F3N4O3. The molecule has 7 nitrogen and oxygen atoms in total. The van der Waals surface area contributed by atoms with Crippen LogP contribution >= 0.6 is 23.2 Å². The molecule has 1 atom stereocenters. The van der Waals surface area contributed by atoms with Crippen LogP contribution in [-0.2, 0) is 10.3 Å². The average Bonchev–Trinajstić information content (AvgIpc) is 3.49. The maximum Gasteiger partial charge on any atom is 0.573 e. The molecule has 41 heavy (non-hydrogen) atoms. The van der Waals surface area contributed by atoms with Crippen molar-refractivity contribution in [2.24, 2.45) is 0 Å². The number of hydrogen-bond donors (Lipinski definition) is 1. The van der Waals surface area contributed by atoms with E-state index in [2.05, 4.69) is 15.0 Å². The number of para-hydroxylation sites is 1. The van der Waals surface area contributed by atoms with Gasteiger partial charge in [-0.2, -0.15) is 0 Å². The number of aromatic nitrogens is 2. The average molecular weight is 601 g/mol. The van der Waals surface area contributed by atoms with Crippen molar-refractivity contribution in [1.29, 1.82) is 0 Å². The first-order valence-electron chi connectivity index (χ1n) is 12.5. The molecule has 3 aromatic carbocycles. The van der Waals surface area contributed by atoms with Gasteiger partial charge in [-0.25, -0.2) is 4.98 Å². The molecule has 0 aliphatic carbocycles. The molecule has 2 amide bonds.